The molecule has 1 spiro atoms. The third kappa shape index (κ3) is 1.18. The van der Waals surface area contributed by atoms with Gasteiger partial charge in [0.05, 0.1) is 5.41 Å². The predicted octanol–water partition coefficient (Wildman–Crippen LogP) is 1.50. The summed E-state index contributed by atoms with van der Waals surface area (Å²) in [5, 5.41) is 0. The summed E-state index contributed by atoms with van der Waals surface area (Å²) in [6.07, 6.45) is 3.90. The quantitative estimate of drug-likeness (QED) is 0.716. The molecule has 2 saturated carbocycles. The van der Waals surface area contributed by atoms with Crippen molar-refractivity contribution in [1.29, 1.82) is 0 Å². The van der Waals surface area contributed by atoms with Crippen LogP contribution in [0.3, 0.4) is 0 Å². The van der Waals surface area contributed by atoms with Crippen molar-refractivity contribution in [3.05, 3.63) is 0 Å². The number of nitrogens with two attached hydrogens (primary N) is 1. The van der Waals surface area contributed by atoms with Crippen LogP contribution in [0.5, 0.6) is 0 Å². The highest BCUT2D eigenvalue weighted by Crippen LogP contribution is 2.82. The number of rotatable bonds is 3. The molecule has 2 aliphatic rings. The molecule has 0 radical (unpaired) electrons. The highest BCUT2D eigenvalue weighted by atomic mass is 16.1. The molecule has 2 rings (SSSR count). The van der Waals surface area contributed by atoms with Crippen molar-refractivity contribution in [1.82, 2.24) is 0 Å². The fourth-order valence-electron chi connectivity index (χ4n) is 3.26. The number of hydrogen-bond acceptors (Lipinski definition) is 2. The standard InChI is InChI=1S/C12H19NO2/c1-10(2,3)8(6-14)12(9(13)15)7-11(12)4-5-11/h6,8H,4-5,7H2,1-3H3,(H2,13,15). The zero-order chi connectivity index (χ0) is 11.5. The second-order valence-electron chi connectivity index (χ2n) is 6.27. The highest BCUT2D eigenvalue weighted by Gasteiger charge is 2.80. The van der Waals surface area contributed by atoms with Gasteiger partial charge in [0.25, 0.3) is 0 Å². The van der Waals surface area contributed by atoms with E-state index >= 15 is 0 Å². The normalized spacial score (nSPS) is 33.5. The molecule has 3 nitrogen and oxygen atoms in total. The van der Waals surface area contributed by atoms with Crippen molar-refractivity contribution in [3.63, 3.8) is 0 Å². The van der Waals surface area contributed by atoms with Gasteiger partial charge in [-0.1, -0.05) is 20.8 Å². The first-order valence-corrected chi connectivity index (χ1v) is 5.55. The second-order valence-corrected chi connectivity index (χ2v) is 6.27. The molecule has 0 aliphatic heterocycles. The molecular weight excluding hydrogens is 190 g/mol. The first-order valence-electron chi connectivity index (χ1n) is 5.55. The summed E-state index contributed by atoms with van der Waals surface area (Å²) in [6.45, 7) is 6.02. The first-order chi connectivity index (χ1) is 6.80. The van der Waals surface area contributed by atoms with Crippen LogP contribution >= 0.6 is 0 Å². The monoisotopic (exact) mass is 209 g/mol. The van der Waals surface area contributed by atoms with Crippen LogP contribution in [0.15, 0.2) is 0 Å². The average Bonchev–Trinajstić information content (AvgIpc) is 2.92. The Balaban J connectivity index is 2.34. The van der Waals surface area contributed by atoms with Crippen molar-refractivity contribution in [3.8, 4) is 0 Å². The second kappa shape index (κ2) is 2.63. The molecule has 0 aromatic rings. The summed E-state index contributed by atoms with van der Waals surface area (Å²) in [5.41, 5.74) is 4.93. The minimum Gasteiger partial charge on any atom is -0.369 e. The van der Waals surface area contributed by atoms with Crippen molar-refractivity contribution in [2.75, 3.05) is 0 Å². The maximum Gasteiger partial charge on any atom is 0.224 e. The minimum absolute atomic E-state index is 0.109. The predicted molar refractivity (Wildman–Crippen MR) is 56.9 cm³/mol. The van der Waals surface area contributed by atoms with E-state index in [2.05, 4.69) is 0 Å². The molecule has 0 aromatic heterocycles. The van der Waals surface area contributed by atoms with Gasteiger partial charge in [-0.05, 0) is 30.1 Å². The SMILES string of the molecule is CC(C)(C)C(C=O)C1(C(N)=O)CC12CC2. The van der Waals surface area contributed by atoms with E-state index in [9.17, 15) is 9.59 Å². The molecule has 2 fully saturated rings. The largest absolute Gasteiger partial charge is 0.369 e. The molecule has 15 heavy (non-hydrogen) atoms. The van der Waals surface area contributed by atoms with Crippen LogP contribution in [0.4, 0.5) is 0 Å². The van der Waals surface area contributed by atoms with Gasteiger partial charge in [0, 0.05) is 5.92 Å². The number of aldehydes is 1. The lowest BCUT2D eigenvalue weighted by atomic mass is 9.70. The Kier molecular flexibility index (Phi) is 1.87. The van der Waals surface area contributed by atoms with E-state index in [4.69, 9.17) is 5.73 Å². The Bertz CT molecular complexity index is 325. The smallest absolute Gasteiger partial charge is 0.224 e. The van der Waals surface area contributed by atoms with E-state index in [-0.39, 0.29) is 22.7 Å². The third-order valence-corrected chi connectivity index (χ3v) is 4.33. The van der Waals surface area contributed by atoms with Gasteiger partial charge >= 0.3 is 0 Å². The maximum atomic E-state index is 11.6. The average molecular weight is 209 g/mol. The molecule has 0 saturated heterocycles. The van der Waals surface area contributed by atoms with Crippen LogP contribution in [0.25, 0.3) is 0 Å². The molecule has 1 amide bonds. The molecule has 2 N–H and O–H groups in total. The summed E-state index contributed by atoms with van der Waals surface area (Å²) in [5.74, 6) is -0.503. The molecular formula is C12H19NO2. The number of carbonyl (C=O) groups is 2. The number of primary amides is 1. The number of carbonyl (C=O) groups excluding carboxylic acids is 2. The Hall–Kier alpha value is -0.860. The third-order valence-electron chi connectivity index (χ3n) is 4.33. The molecule has 0 aromatic carbocycles. The highest BCUT2D eigenvalue weighted by molar-refractivity contribution is 5.90. The molecule has 3 heteroatoms. The van der Waals surface area contributed by atoms with Gasteiger partial charge < -0.3 is 10.5 Å². The van der Waals surface area contributed by atoms with Crippen molar-refractivity contribution in [2.24, 2.45) is 27.9 Å². The summed E-state index contributed by atoms with van der Waals surface area (Å²) in [6, 6.07) is 0. The zero-order valence-corrected chi connectivity index (χ0v) is 9.67. The van der Waals surface area contributed by atoms with E-state index in [0.29, 0.717) is 0 Å². The van der Waals surface area contributed by atoms with E-state index in [0.717, 1.165) is 25.5 Å². The van der Waals surface area contributed by atoms with Crippen LogP contribution in [0, 0.1) is 22.2 Å². The molecule has 2 aliphatic carbocycles. The van der Waals surface area contributed by atoms with Crippen molar-refractivity contribution < 1.29 is 9.59 Å². The Morgan fingerprint density at radius 2 is 1.93 bits per heavy atom. The van der Waals surface area contributed by atoms with Gasteiger partial charge in [-0.2, -0.15) is 0 Å². The number of hydrogen-bond donors (Lipinski definition) is 1. The van der Waals surface area contributed by atoms with Crippen LogP contribution in [-0.2, 0) is 9.59 Å². The minimum atomic E-state index is -0.521. The van der Waals surface area contributed by atoms with E-state index in [1.165, 1.54) is 0 Å². The maximum absolute atomic E-state index is 11.6. The zero-order valence-electron chi connectivity index (χ0n) is 9.67. The van der Waals surface area contributed by atoms with Gasteiger partial charge in [-0.15, -0.1) is 0 Å². The molecule has 0 heterocycles. The Morgan fingerprint density at radius 3 is 2.13 bits per heavy atom. The molecule has 2 unspecified atom stereocenters. The van der Waals surface area contributed by atoms with Crippen molar-refractivity contribution in [2.45, 2.75) is 40.0 Å². The lowest BCUT2D eigenvalue weighted by Crippen LogP contribution is -2.41. The van der Waals surface area contributed by atoms with Gasteiger partial charge in [-0.3, -0.25) is 4.79 Å². The Labute approximate surface area is 90.4 Å². The fourth-order valence-corrected chi connectivity index (χ4v) is 3.26. The van der Waals surface area contributed by atoms with E-state index < -0.39 is 5.41 Å². The van der Waals surface area contributed by atoms with Gasteiger partial charge in [0.15, 0.2) is 0 Å². The molecule has 0 bridgehead atoms. The first kappa shape index (κ1) is 10.7. The van der Waals surface area contributed by atoms with Gasteiger partial charge in [0.1, 0.15) is 6.29 Å². The Morgan fingerprint density at radius 1 is 1.40 bits per heavy atom. The lowest BCUT2D eigenvalue weighted by Gasteiger charge is -2.32. The summed E-state index contributed by atoms with van der Waals surface area (Å²) < 4.78 is 0. The lowest BCUT2D eigenvalue weighted by molar-refractivity contribution is -0.133. The summed E-state index contributed by atoms with van der Waals surface area (Å²) >= 11 is 0. The van der Waals surface area contributed by atoms with Crippen molar-refractivity contribution >= 4 is 12.2 Å². The van der Waals surface area contributed by atoms with Crippen LogP contribution in [-0.4, -0.2) is 12.2 Å². The van der Waals surface area contributed by atoms with E-state index in [1.54, 1.807) is 0 Å². The molecule has 84 valence electrons. The molecule has 2 atom stereocenters. The summed E-state index contributed by atoms with van der Waals surface area (Å²) in [7, 11) is 0. The topological polar surface area (TPSA) is 60.2 Å². The fraction of sp³-hybridized carbons (Fsp3) is 0.833. The number of amides is 1. The van der Waals surface area contributed by atoms with Gasteiger partial charge in [-0.25, -0.2) is 0 Å². The van der Waals surface area contributed by atoms with E-state index in [1.807, 2.05) is 20.8 Å². The van der Waals surface area contributed by atoms with Crippen LogP contribution < -0.4 is 5.73 Å². The van der Waals surface area contributed by atoms with Crippen LogP contribution in [0.2, 0.25) is 0 Å². The van der Waals surface area contributed by atoms with Gasteiger partial charge in [0.2, 0.25) is 5.91 Å². The van der Waals surface area contributed by atoms with Crippen LogP contribution in [0.1, 0.15) is 40.0 Å². The summed E-state index contributed by atoms with van der Waals surface area (Å²) in [4.78, 5) is 22.9.